The quantitative estimate of drug-likeness (QED) is 0.613. The van der Waals surface area contributed by atoms with E-state index in [1.807, 2.05) is 0 Å². The molecule has 0 bridgehead atoms. The maximum atomic E-state index is 11.2. The highest BCUT2D eigenvalue weighted by Crippen LogP contribution is 2.55. The minimum Gasteiger partial charge on any atom is -0.141 e. The van der Waals surface area contributed by atoms with E-state index in [1.54, 1.807) is 0 Å². The van der Waals surface area contributed by atoms with Crippen LogP contribution in [0.15, 0.2) is 0 Å². The molecule has 3 heteroatoms. The number of hydrogen-bond donors (Lipinski definition) is 0. The van der Waals surface area contributed by atoms with Crippen molar-refractivity contribution in [1.29, 1.82) is 0 Å². The Kier molecular flexibility index (Phi) is 3.03. The molecule has 11 heavy (non-hydrogen) atoms. The van der Waals surface area contributed by atoms with Gasteiger partial charge >= 0.3 is 8.03 Å². The largest absolute Gasteiger partial charge is 0.517 e. The van der Waals surface area contributed by atoms with Gasteiger partial charge in [0.2, 0.25) is 5.16 Å². The van der Waals surface area contributed by atoms with Crippen molar-refractivity contribution in [3.63, 3.8) is 0 Å². The molecule has 0 aromatic rings. The summed E-state index contributed by atoms with van der Waals surface area (Å²) in [5.74, 6) is 0. The van der Waals surface area contributed by atoms with E-state index in [9.17, 15) is 4.57 Å². The van der Waals surface area contributed by atoms with E-state index < -0.39 is 8.03 Å². The van der Waals surface area contributed by atoms with Crippen LogP contribution in [0.5, 0.6) is 0 Å². The second-order valence-electron chi connectivity index (χ2n) is 3.21. The molecule has 0 aromatic carbocycles. The smallest absolute Gasteiger partial charge is 0.141 e. The summed E-state index contributed by atoms with van der Waals surface area (Å²) in [6.45, 7) is 4.99. The fraction of sp³-hybridized carbons (Fsp3) is 1.00. The summed E-state index contributed by atoms with van der Waals surface area (Å²) in [6, 6.07) is 0. The zero-order chi connectivity index (χ0) is 8.32. The predicted octanol–water partition coefficient (Wildman–Crippen LogP) is 3.10. The molecule has 0 amide bonds. The lowest BCUT2D eigenvalue weighted by Gasteiger charge is -2.25. The van der Waals surface area contributed by atoms with Gasteiger partial charge in [0.1, 0.15) is 0 Å². The molecule has 0 radical (unpaired) electrons. The normalized spacial score (nSPS) is 33.5. The van der Waals surface area contributed by atoms with Crippen molar-refractivity contribution in [3.05, 3.63) is 0 Å². The molecule has 64 valence electrons. The third-order valence-electron chi connectivity index (χ3n) is 2.49. The lowest BCUT2D eigenvalue weighted by atomic mass is 9.99. The van der Waals surface area contributed by atoms with E-state index in [0.29, 0.717) is 0 Å². The van der Waals surface area contributed by atoms with E-state index in [4.69, 9.17) is 4.52 Å². The first kappa shape index (κ1) is 9.15. The molecule has 1 heterocycles. The van der Waals surface area contributed by atoms with Crippen LogP contribution in [0, 0.1) is 0 Å². The van der Waals surface area contributed by atoms with Gasteiger partial charge in [-0.1, -0.05) is 20.3 Å². The Morgan fingerprint density at radius 3 is 2.55 bits per heavy atom. The third kappa shape index (κ3) is 1.62. The monoisotopic (exact) mass is 175 g/mol. The molecule has 0 saturated carbocycles. The molecule has 0 aliphatic carbocycles. The van der Waals surface area contributed by atoms with E-state index in [2.05, 4.69) is 13.8 Å². The van der Waals surface area contributed by atoms with Crippen LogP contribution in [0.25, 0.3) is 0 Å². The molecule has 2 unspecified atom stereocenters. The third-order valence-corrected chi connectivity index (χ3v) is 4.30. The fourth-order valence-corrected chi connectivity index (χ4v) is 2.58. The summed E-state index contributed by atoms with van der Waals surface area (Å²) in [6.07, 6.45) is 4.45. The first-order chi connectivity index (χ1) is 5.25. The van der Waals surface area contributed by atoms with Crippen LogP contribution in [-0.4, -0.2) is 11.8 Å². The molecule has 2 atom stereocenters. The number of unbranched alkanes of at least 4 members (excludes halogenated alkanes) is 1. The van der Waals surface area contributed by atoms with Gasteiger partial charge in [-0.25, -0.2) is 0 Å². The van der Waals surface area contributed by atoms with Crippen LogP contribution in [0.1, 0.15) is 39.5 Å². The number of rotatable bonds is 4. The van der Waals surface area contributed by atoms with E-state index in [1.165, 1.54) is 12.8 Å². The van der Waals surface area contributed by atoms with Crippen LogP contribution in [0.2, 0.25) is 0 Å². The van der Waals surface area contributed by atoms with Crippen molar-refractivity contribution in [2.24, 2.45) is 0 Å². The molecule has 1 rings (SSSR count). The fourth-order valence-electron chi connectivity index (χ4n) is 1.38. The summed E-state index contributed by atoms with van der Waals surface area (Å²) in [4.78, 5) is 0. The van der Waals surface area contributed by atoms with Crippen molar-refractivity contribution >= 4 is 8.03 Å². The average molecular weight is 175 g/mol. The predicted molar refractivity (Wildman–Crippen MR) is 46.1 cm³/mol. The van der Waals surface area contributed by atoms with E-state index in [0.717, 1.165) is 19.4 Å². The highest BCUT2D eigenvalue weighted by molar-refractivity contribution is 7.42. The van der Waals surface area contributed by atoms with Gasteiger partial charge in [-0.15, -0.1) is 4.52 Å². The summed E-state index contributed by atoms with van der Waals surface area (Å²) in [5.41, 5.74) is 0. The lowest BCUT2D eigenvalue weighted by Crippen LogP contribution is -2.37. The Morgan fingerprint density at radius 1 is 1.55 bits per heavy atom. The molecule has 0 N–H and O–H groups in total. The summed E-state index contributed by atoms with van der Waals surface area (Å²) in [5, 5.41) is 0.0609. The number of hydrogen-bond acceptors (Lipinski definition) is 2. The second-order valence-corrected chi connectivity index (χ2v) is 4.93. The highest BCUT2D eigenvalue weighted by atomic mass is 31.1. The zero-order valence-electron chi connectivity index (χ0n) is 7.30. The topological polar surface area (TPSA) is 26.3 Å². The maximum Gasteiger partial charge on any atom is 0.517 e. The van der Waals surface area contributed by atoms with Gasteiger partial charge in [0.15, 0.2) is 6.61 Å². The second kappa shape index (κ2) is 3.64. The van der Waals surface area contributed by atoms with Crippen molar-refractivity contribution in [1.82, 2.24) is 0 Å². The molecule has 0 spiro atoms. The van der Waals surface area contributed by atoms with Gasteiger partial charge in [0, 0.05) is 6.42 Å². The molecular weight excluding hydrogens is 159 g/mol. The van der Waals surface area contributed by atoms with Crippen LogP contribution in [0.3, 0.4) is 0 Å². The van der Waals surface area contributed by atoms with Crippen LogP contribution >= 0.6 is 8.03 Å². The van der Waals surface area contributed by atoms with E-state index >= 15 is 0 Å². The minimum absolute atomic E-state index is 0.0609. The SMILES string of the molecule is CCCCC1(CC)CO[P+]1=O. The van der Waals surface area contributed by atoms with Gasteiger partial charge in [-0.05, 0) is 17.4 Å². The first-order valence-electron chi connectivity index (χ1n) is 4.35. The molecule has 2 nitrogen and oxygen atoms in total. The molecule has 1 fully saturated rings. The summed E-state index contributed by atoms with van der Waals surface area (Å²) < 4.78 is 16.2. The summed E-state index contributed by atoms with van der Waals surface area (Å²) in [7, 11) is -1.33. The standard InChI is InChI=1S/C8H16O2P/c1-3-5-6-8(4-2)7-10-11(8)9/h3-7H2,1-2H3/q+1. The minimum atomic E-state index is -1.33. The molecular formula is C8H16O2P+. The maximum absolute atomic E-state index is 11.2. The Balaban J connectivity index is 2.41. The van der Waals surface area contributed by atoms with Gasteiger partial charge in [-0.2, -0.15) is 0 Å². The molecule has 1 saturated heterocycles. The van der Waals surface area contributed by atoms with Crippen LogP contribution < -0.4 is 0 Å². The van der Waals surface area contributed by atoms with E-state index in [-0.39, 0.29) is 5.16 Å². The van der Waals surface area contributed by atoms with Crippen molar-refractivity contribution in [2.45, 2.75) is 44.7 Å². The van der Waals surface area contributed by atoms with Crippen molar-refractivity contribution < 1.29 is 9.09 Å². The van der Waals surface area contributed by atoms with Gasteiger partial charge in [0.05, 0.1) is 0 Å². The van der Waals surface area contributed by atoms with Crippen LogP contribution in [-0.2, 0) is 9.09 Å². The highest BCUT2D eigenvalue weighted by Gasteiger charge is 2.59. The van der Waals surface area contributed by atoms with Gasteiger partial charge in [-0.3, -0.25) is 0 Å². The average Bonchev–Trinajstić information content (AvgIpc) is 2.04. The Hall–Kier alpha value is 0.0600. The Morgan fingerprint density at radius 2 is 2.27 bits per heavy atom. The van der Waals surface area contributed by atoms with Crippen molar-refractivity contribution in [2.75, 3.05) is 6.61 Å². The van der Waals surface area contributed by atoms with Gasteiger partial charge in [0.25, 0.3) is 0 Å². The Labute approximate surface area is 69.2 Å². The zero-order valence-corrected chi connectivity index (χ0v) is 8.19. The lowest BCUT2D eigenvalue weighted by molar-refractivity contribution is 0.176. The first-order valence-corrected chi connectivity index (χ1v) is 5.53. The Bertz CT molecular complexity index is 154. The summed E-state index contributed by atoms with van der Waals surface area (Å²) >= 11 is 0. The van der Waals surface area contributed by atoms with Gasteiger partial charge < -0.3 is 0 Å². The molecule has 1 aliphatic heterocycles. The molecule has 1 aliphatic rings. The van der Waals surface area contributed by atoms with Crippen LogP contribution in [0.4, 0.5) is 0 Å². The van der Waals surface area contributed by atoms with Crippen molar-refractivity contribution in [3.8, 4) is 0 Å². The molecule has 0 aromatic heterocycles.